The van der Waals surface area contributed by atoms with Gasteiger partial charge < -0.3 is 9.88 Å². The predicted molar refractivity (Wildman–Crippen MR) is 112 cm³/mol. The summed E-state index contributed by atoms with van der Waals surface area (Å²) in [6, 6.07) is 22.1. The standard InChI is InChI=1S/C22H19N3OS/c1-15-8-11-17(12-9-15)23-22-24-21(26)20(27-22)14-19-13-10-16(2)25(19)18-6-4-3-5-7-18/h3-14H,1-2H3,(H,23,24,26)/b20-14-. The van der Waals surface area contributed by atoms with Crippen molar-refractivity contribution in [3.05, 3.63) is 88.6 Å². The molecule has 4 nitrogen and oxygen atoms in total. The van der Waals surface area contributed by atoms with Crippen molar-refractivity contribution in [2.24, 2.45) is 4.99 Å². The van der Waals surface area contributed by atoms with Gasteiger partial charge in [-0.3, -0.25) is 4.79 Å². The van der Waals surface area contributed by atoms with Gasteiger partial charge in [0.25, 0.3) is 5.91 Å². The van der Waals surface area contributed by atoms with E-state index in [-0.39, 0.29) is 5.91 Å². The number of hydrogen-bond donors (Lipinski definition) is 1. The first-order chi connectivity index (χ1) is 13.1. The number of aryl methyl sites for hydroxylation is 2. The fourth-order valence-electron chi connectivity index (χ4n) is 2.95. The van der Waals surface area contributed by atoms with Crippen molar-refractivity contribution in [1.82, 2.24) is 9.88 Å². The largest absolute Gasteiger partial charge is 0.314 e. The highest BCUT2D eigenvalue weighted by atomic mass is 32.2. The van der Waals surface area contributed by atoms with Crippen LogP contribution in [0.4, 0.5) is 5.69 Å². The van der Waals surface area contributed by atoms with Crippen LogP contribution in [0.2, 0.25) is 0 Å². The molecule has 2 heterocycles. The van der Waals surface area contributed by atoms with Crippen LogP contribution in [0.25, 0.3) is 11.8 Å². The number of amidine groups is 1. The Balaban J connectivity index is 1.64. The van der Waals surface area contributed by atoms with Gasteiger partial charge in [0.15, 0.2) is 5.17 Å². The Morgan fingerprint density at radius 2 is 1.70 bits per heavy atom. The van der Waals surface area contributed by atoms with E-state index in [4.69, 9.17) is 0 Å². The summed E-state index contributed by atoms with van der Waals surface area (Å²) >= 11 is 1.36. The zero-order chi connectivity index (χ0) is 18.8. The lowest BCUT2D eigenvalue weighted by atomic mass is 10.2. The van der Waals surface area contributed by atoms with Crippen LogP contribution in [-0.4, -0.2) is 15.6 Å². The molecule has 0 aliphatic carbocycles. The van der Waals surface area contributed by atoms with Crippen molar-refractivity contribution in [3.63, 3.8) is 0 Å². The Morgan fingerprint density at radius 1 is 0.963 bits per heavy atom. The number of nitrogens with zero attached hydrogens (tertiary/aromatic N) is 2. The molecule has 1 saturated heterocycles. The van der Waals surface area contributed by atoms with E-state index in [1.54, 1.807) is 0 Å². The van der Waals surface area contributed by atoms with E-state index >= 15 is 0 Å². The lowest BCUT2D eigenvalue weighted by Crippen LogP contribution is -2.19. The minimum Gasteiger partial charge on any atom is -0.314 e. The van der Waals surface area contributed by atoms with Gasteiger partial charge in [0.1, 0.15) is 0 Å². The van der Waals surface area contributed by atoms with Gasteiger partial charge in [-0.05, 0) is 68.1 Å². The van der Waals surface area contributed by atoms with Crippen molar-refractivity contribution >= 4 is 34.6 Å². The van der Waals surface area contributed by atoms with Crippen molar-refractivity contribution in [3.8, 4) is 5.69 Å². The highest BCUT2D eigenvalue weighted by Crippen LogP contribution is 2.29. The molecule has 1 aliphatic rings. The number of rotatable bonds is 3. The summed E-state index contributed by atoms with van der Waals surface area (Å²) in [5, 5.41) is 3.45. The van der Waals surface area contributed by atoms with Gasteiger partial charge in [-0.25, -0.2) is 4.99 Å². The van der Waals surface area contributed by atoms with Crippen molar-refractivity contribution in [1.29, 1.82) is 0 Å². The molecule has 1 aromatic heterocycles. The highest BCUT2D eigenvalue weighted by Gasteiger charge is 2.24. The SMILES string of the molecule is Cc1ccc(N=C2NC(=O)/C(=C/c3ccc(C)n3-c3ccccc3)S2)cc1. The van der Waals surface area contributed by atoms with Crippen LogP contribution in [0.1, 0.15) is 17.0 Å². The van der Waals surface area contributed by atoms with Gasteiger partial charge in [0.05, 0.1) is 10.6 Å². The van der Waals surface area contributed by atoms with E-state index in [0.717, 1.165) is 22.8 Å². The van der Waals surface area contributed by atoms with Gasteiger partial charge in [-0.2, -0.15) is 0 Å². The second kappa shape index (κ2) is 7.29. The van der Waals surface area contributed by atoms with Crippen molar-refractivity contribution < 1.29 is 4.79 Å². The Labute approximate surface area is 162 Å². The molecular weight excluding hydrogens is 354 g/mol. The molecular formula is C22H19N3OS. The molecule has 0 saturated carbocycles. The van der Waals surface area contributed by atoms with Gasteiger partial charge in [-0.1, -0.05) is 35.9 Å². The third-order valence-electron chi connectivity index (χ3n) is 4.32. The normalized spacial score (nSPS) is 16.9. The molecule has 0 bridgehead atoms. The van der Waals surface area contributed by atoms with Crippen LogP contribution in [0, 0.1) is 13.8 Å². The average molecular weight is 373 g/mol. The molecule has 1 N–H and O–H groups in total. The number of aliphatic imine (C=N–C) groups is 1. The van der Waals surface area contributed by atoms with Crippen molar-refractivity contribution in [2.75, 3.05) is 0 Å². The number of thioether (sulfide) groups is 1. The molecule has 1 fully saturated rings. The minimum atomic E-state index is -0.121. The molecule has 1 amide bonds. The first kappa shape index (κ1) is 17.4. The van der Waals surface area contributed by atoms with Crippen LogP contribution in [0.5, 0.6) is 0 Å². The summed E-state index contributed by atoms with van der Waals surface area (Å²) in [6.45, 7) is 4.09. The topological polar surface area (TPSA) is 46.4 Å². The van der Waals surface area contributed by atoms with E-state index in [0.29, 0.717) is 10.1 Å². The first-order valence-electron chi connectivity index (χ1n) is 8.70. The molecule has 1 aliphatic heterocycles. The van der Waals surface area contributed by atoms with Gasteiger partial charge in [0.2, 0.25) is 0 Å². The van der Waals surface area contributed by atoms with Crippen LogP contribution >= 0.6 is 11.8 Å². The van der Waals surface area contributed by atoms with E-state index < -0.39 is 0 Å². The van der Waals surface area contributed by atoms with Crippen molar-refractivity contribution in [2.45, 2.75) is 13.8 Å². The number of carbonyl (C=O) groups excluding carboxylic acids is 1. The zero-order valence-electron chi connectivity index (χ0n) is 15.1. The minimum absolute atomic E-state index is 0.121. The van der Waals surface area contributed by atoms with E-state index in [1.807, 2.05) is 61.5 Å². The van der Waals surface area contributed by atoms with E-state index in [9.17, 15) is 4.79 Å². The fraction of sp³-hybridized carbons (Fsp3) is 0.0909. The number of hydrogen-bond acceptors (Lipinski definition) is 3. The first-order valence-corrected chi connectivity index (χ1v) is 9.52. The monoisotopic (exact) mass is 373 g/mol. The number of para-hydroxylation sites is 1. The zero-order valence-corrected chi connectivity index (χ0v) is 16.0. The Hall–Kier alpha value is -3.05. The number of carbonyl (C=O) groups is 1. The fourth-order valence-corrected chi connectivity index (χ4v) is 3.78. The van der Waals surface area contributed by atoms with Gasteiger partial charge in [-0.15, -0.1) is 0 Å². The van der Waals surface area contributed by atoms with E-state index in [1.165, 1.54) is 17.3 Å². The van der Waals surface area contributed by atoms with Gasteiger partial charge in [0, 0.05) is 17.1 Å². The second-order valence-corrected chi connectivity index (χ2v) is 7.42. The Bertz CT molecular complexity index is 1050. The van der Waals surface area contributed by atoms with Crippen LogP contribution in [0.3, 0.4) is 0 Å². The maximum Gasteiger partial charge on any atom is 0.264 e. The van der Waals surface area contributed by atoms with Crippen LogP contribution < -0.4 is 5.32 Å². The summed E-state index contributed by atoms with van der Waals surface area (Å²) in [5.74, 6) is -0.121. The molecule has 2 aromatic carbocycles. The molecule has 27 heavy (non-hydrogen) atoms. The summed E-state index contributed by atoms with van der Waals surface area (Å²) in [6.07, 6.45) is 1.91. The number of aromatic nitrogens is 1. The maximum absolute atomic E-state index is 12.4. The molecule has 0 spiro atoms. The van der Waals surface area contributed by atoms with Crippen LogP contribution in [0.15, 0.2) is 76.6 Å². The molecule has 134 valence electrons. The molecule has 3 aromatic rings. The number of nitrogens with one attached hydrogen (secondary N) is 1. The predicted octanol–water partition coefficient (Wildman–Crippen LogP) is 4.99. The Kier molecular flexibility index (Phi) is 4.69. The second-order valence-electron chi connectivity index (χ2n) is 6.39. The molecule has 0 atom stereocenters. The summed E-state index contributed by atoms with van der Waals surface area (Å²) in [4.78, 5) is 17.6. The molecule has 0 unspecified atom stereocenters. The van der Waals surface area contributed by atoms with Gasteiger partial charge >= 0.3 is 0 Å². The Morgan fingerprint density at radius 3 is 2.44 bits per heavy atom. The molecule has 5 heteroatoms. The summed E-state index contributed by atoms with van der Waals surface area (Å²) in [7, 11) is 0. The summed E-state index contributed by atoms with van der Waals surface area (Å²) in [5.41, 5.74) is 5.16. The average Bonchev–Trinajstić information content (AvgIpc) is 3.20. The summed E-state index contributed by atoms with van der Waals surface area (Å²) < 4.78 is 2.13. The molecule has 0 radical (unpaired) electrons. The number of amides is 1. The maximum atomic E-state index is 12.4. The third kappa shape index (κ3) is 3.73. The smallest absolute Gasteiger partial charge is 0.264 e. The molecule has 4 rings (SSSR count). The quantitative estimate of drug-likeness (QED) is 0.658. The van der Waals surface area contributed by atoms with E-state index in [2.05, 4.69) is 40.0 Å². The number of benzene rings is 2. The lowest BCUT2D eigenvalue weighted by molar-refractivity contribution is -0.115. The van der Waals surface area contributed by atoms with Crippen LogP contribution in [-0.2, 0) is 4.79 Å². The highest BCUT2D eigenvalue weighted by molar-refractivity contribution is 8.18. The third-order valence-corrected chi connectivity index (χ3v) is 5.22. The lowest BCUT2D eigenvalue weighted by Gasteiger charge is -2.09.